The van der Waals surface area contributed by atoms with E-state index in [1.165, 1.54) is 0 Å². The van der Waals surface area contributed by atoms with Crippen LogP contribution in [0.1, 0.15) is 16.7 Å². The number of aromatic nitrogens is 2. The van der Waals surface area contributed by atoms with Gasteiger partial charge in [-0.05, 0) is 19.1 Å². The van der Waals surface area contributed by atoms with Gasteiger partial charge in [0.1, 0.15) is 4.99 Å². The lowest BCUT2D eigenvalue weighted by atomic mass is 10.1. The molecule has 1 aromatic heterocycles. The van der Waals surface area contributed by atoms with E-state index in [1.54, 1.807) is 18.2 Å². The van der Waals surface area contributed by atoms with E-state index in [9.17, 15) is 13.2 Å². The van der Waals surface area contributed by atoms with E-state index in [1.807, 2.05) is 6.92 Å². The number of nitrogens with zero attached hydrogens (tertiary/aromatic N) is 2. The highest BCUT2D eigenvalue weighted by atomic mass is 32.1. The fraction of sp³-hybridized carbons (Fsp3) is 0.167. The Morgan fingerprint density at radius 3 is 2.58 bits per heavy atom. The summed E-state index contributed by atoms with van der Waals surface area (Å²) in [5.74, 6) is 0. The number of alkyl halides is 3. The van der Waals surface area contributed by atoms with Gasteiger partial charge in [-0.3, -0.25) is 0 Å². The molecule has 0 atom stereocenters. The Kier molecular flexibility index (Phi) is 3.32. The van der Waals surface area contributed by atoms with Crippen molar-refractivity contribution in [2.45, 2.75) is 13.1 Å². The molecule has 2 aromatic rings. The van der Waals surface area contributed by atoms with Crippen molar-refractivity contribution in [3.05, 3.63) is 47.3 Å². The molecule has 2 rings (SSSR count). The van der Waals surface area contributed by atoms with Crippen LogP contribution in [0.5, 0.6) is 0 Å². The molecule has 0 fully saturated rings. The number of hydrogen-bond donors (Lipinski definition) is 1. The second-order valence-corrected chi connectivity index (χ2v) is 4.50. The monoisotopic (exact) mass is 285 g/mol. The number of aryl methyl sites for hydroxylation is 1. The zero-order valence-electron chi connectivity index (χ0n) is 9.90. The van der Waals surface area contributed by atoms with Gasteiger partial charge < -0.3 is 5.73 Å². The summed E-state index contributed by atoms with van der Waals surface area (Å²) in [7, 11) is 0. The topological polar surface area (TPSA) is 43.8 Å². The van der Waals surface area contributed by atoms with Gasteiger partial charge in [-0.25, -0.2) is 4.68 Å². The smallest absolute Gasteiger partial charge is 0.389 e. The van der Waals surface area contributed by atoms with Gasteiger partial charge in [-0.2, -0.15) is 18.3 Å². The van der Waals surface area contributed by atoms with E-state index >= 15 is 0 Å². The van der Waals surface area contributed by atoms with Gasteiger partial charge in [-0.1, -0.05) is 23.8 Å². The summed E-state index contributed by atoms with van der Waals surface area (Å²) in [5, 5.41) is 3.71. The number of benzene rings is 1. The van der Waals surface area contributed by atoms with Crippen molar-refractivity contribution in [2.24, 2.45) is 5.73 Å². The van der Waals surface area contributed by atoms with E-state index in [-0.39, 0.29) is 4.99 Å². The molecule has 100 valence electrons. The fourth-order valence-corrected chi connectivity index (χ4v) is 1.81. The molecular weight excluding hydrogens is 275 g/mol. The zero-order chi connectivity index (χ0) is 14.2. The van der Waals surface area contributed by atoms with E-state index in [0.29, 0.717) is 11.3 Å². The summed E-state index contributed by atoms with van der Waals surface area (Å²) < 4.78 is 38.7. The summed E-state index contributed by atoms with van der Waals surface area (Å²) in [4.78, 5) is 0.114. The fourth-order valence-electron chi connectivity index (χ4n) is 1.65. The van der Waals surface area contributed by atoms with Crippen LogP contribution in [0.25, 0.3) is 5.69 Å². The molecule has 0 spiro atoms. The standard InChI is InChI=1S/C12H10F3N3S/c1-7-2-3-10(9(4-7)11(16)19)18-6-8(5-17-18)12(13,14)15/h2-6H,1H3,(H2,16,19). The highest BCUT2D eigenvalue weighted by Crippen LogP contribution is 2.29. The molecule has 3 nitrogen and oxygen atoms in total. The van der Waals surface area contributed by atoms with Crippen LogP contribution in [0.15, 0.2) is 30.6 Å². The largest absolute Gasteiger partial charge is 0.419 e. The first-order valence-electron chi connectivity index (χ1n) is 5.32. The predicted molar refractivity (Wildman–Crippen MR) is 69.2 cm³/mol. The zero-order valence-corrected chi connectivity index (χ0v) is 10.7. The van der Waals surface area contributed by atoms with E-state index in [4.69, 9.17) is 18.0 Å². The van der Waals surface area contributed by atoms with Crippen molar-refractivity contribution in [1.82, 2.24) is 9.78 Å². The molecule has 0 bridgehead atoms. The SMILES string of the molecule is Cc1ccc(-n2cc(C(F)(F)F)cn2)c(C(N)=S)c1. The number of hydrogen-bond acceptors (Lipinski definition) is 2. The molecule has 1 aromatic carbocycles. The third kappa shape index (κ3) is 2.76. The Labute approximate surface area is 112 Å². The van der Waals surface area contributed by atoms with Crippen LogP contribution in [0.2, 0.25) is 0 Å². The lowest BCUT2D eigenvalue weighted by molar-refractivity contribution is -0.137. The Balaban J connectivity index is 2.53. The van der Waals surface area contributed by atoms with E-state index in [2.05, 4.69) is 5.10 Å². The Morgan fingerprint density at radius 2 is 2.05 bits per heavy atom. The van der Waals surface area contributed by atoms with Crippen LogP contribution in [-0.4, -0.2) is 14.8 Å². The lowest BCUT2D eigenvalue weighted by Crippen LogP contribution is -2.14. The second-order valence-electron chi connectivity index (χ2n) is 4.06. The normalized spacial score (nSPS) is 11.6. The van der Waals surface area contributed by atoms with Crippen LogP contribution in [0.3, 0.4) is 0 Å². The molecule has 0 unspecified atom stereocenters. The second kappa shape index (κ2) is 4.65. The molecule has 0 aliphatic heterocycles. The Hall–Kier alpha value is -1.89. The van der Waals surface area contributed by atoms with Crippen molar-refractivity contribution in [2.75, 3.05) is 0 Å². The van der Waals surface area contributed by atoms with Crippen LogP contribution in [0, 0.1) is 6.92 Å². The minimum Gasteiger partial charge on any atom is -0.389 e. The molecule has 1 heterocycles. The number of nitrogens with two attached hydrogens (primary N) is 1. The summed E-state index contributed by atoms with van der Waals surface area (Å²) in [6, 6.07) is 5.11. The van der Waals surface area contributed by atoms with Gasteiger partial charge in [0.2, 0.25) is 0 Å². The molecule has 2 N–H and O–H groups in total. The molecule has 0 saturated carbocycles. The summed E-state index contributed by atoms with van der Waals surface area (Å²) in [6.45, 7) is 1.84. The van der Waals surface area contributed by atoms with Gasteiger partial charge in [0.05, 0.1) is 17.4 Å². The molecule has 0 saturated heterocycles. The van der Waals surface area contributed by atoms with Gasteiger partial charge in [-0.15, -0.1) is 0 Å². The van der Waals surface area contributed by atoms with Crippen molar-refractivity contribution < 1.29 is 13.2 Å². The molecule has 0 aliphatic carbocycles. The number of halogens is 3. The third-order valence-corrected chi connectivity index (χ3v) is 2.79. The molecule has 0 amide bonds. The first kappa shape index (κ1) is 13.5. The van der Waals surface area contributed by atoms with E-state index < -0.39 is 11.7 Å². The van der Waals surface area contributed by atoms with Crippen molar-refractivity contribution >= 4 is 17.2 Å². The van der Waals surface area contributed by atoms with Crippen LogP contribution in [-0.2, 0) is 6.18 Å². The lowest BCUT2D eigenvalue weighted by Gasteiger charge is -2.09. The van der Waals surface area contributed by atoms with Crippen LogP contribution >= 0.6 is 12.2 Å². The van der Waals surface area contributed by atoms with E-state index in [0.717, 1.165) is 22.6 Å². The highest BCUT2D eigenvalue weighted by Gasteiger charge is 2.32. The average molecular weight is 285 g/mol. The quantitative estimate of drug-likeness (QED) is 0.863. The first-order valence-corrected chi connectivity index (χ1v) is 5.72. The van der Waals surface area contributed by atoms with Crippen molar-refractivity contribution in [3.63, 3.8) is 0 Å². The Morgan fingerprint density at radius 1 is 1.37 bits per heavy atom. The van der Waals surface area contributed by atoms with Crippen molar-refractivity contribution in [3.8, 4) is 5.69 Å². The summed E-state index contributed by atoms with van der Waals surface area (Å²) in [5.41, 5.74) is 6.59. The third-order valence-electron chi connectivity index (χ3n) is 2.57. The summed E-state index contributed by atoms with van der Waals surface area (Å²) in [6.07, 6.45) is -2.75. The molecule has 19 heavy (non-hydrogen) atoms. The molecular formula is C12H10F3N3S. The molecule has 7 heteroatoms. The predicted octanol–water partition coefficient (Wildman–Crippen LogP) is 2.83. The Bertz CT molecular complexity index is 631. The maximum Gasteiger partial charge on any atom is 0.419 e. The van der Waals surface area contributed by atoms with Gasteiger partial charge in [0.25, 0.3) is 0 Å². The summed E-state index contributed by atoms with van der Waals surface area (Å²) >= 11 is 4.90. The number of rotatable bonds is 2. The van der Waals surface area contributed by atoms with Gasteiger partial charge in [0, 0.05) is 11.8 Å². The molecule has 0 aliphatic rings. The van der Waals surface area contributed by atoms with Gasteiger partial charge >= 0.3 is 6.18 Å². The average Bonchev–Trinajstić information content (AvgIpc) is 2.77. The first-order chi connectivity index (χ1) is 8.79. The minimum atomic E-state index is -4.42. The highest BCUT2D eigenvalue weighted by molar-refractivity contribution is 7.80. The van der Waals surface area contributed by atoms with Crippen molar-refractivity contribution in [1.29, 1.82) is 0 Å². The number of thiocarbonyl (C=S) groups is 1. The van der Waals surface area contributed by atoms with Gasteiger partial charge in [0.15, 0.2) is 0 Å². The molecule has 0 radical (unpaired) electrons. The maximum atomic E-state index is 12.5. The van der Waals surface area contributed by atoms with Crippen LogP contribution < -0.4 is 5.73 Å². The minimum absolute atomic E-state index is 0.114. The maximum absolute atomic E-state index is 12.5. The van der Waals surface area contributed by atoms with Crippen LogP contribution in [0.4, 0.5) is 13.2 Å².